The van der Waals surface area contributed by atoms with Gasteiger partial charge in [-0.3, -0.25) is 0 Å². The Morgan fingerprint density at radius 3 is 2.14 bits per heavy atom. The first-order chi connectivity index (χ1) is 20.9. The lowest BCUT2D eigenvalue weighted by Gasteiger charge is -2.09. The van der Waals surface area contributed by atoms with Gasteiger partial charge in [-0.2, -0.15) is 0 Å². The summed E-state index contributed by atoms with van der Waals surface area (Å²) in [5.74, 6) is 0.119. The predicted octanol–water partition coefficient (Wildman–Crippen LogP) is 7.74. The van der Waals surface area contributed by atoms with Crippen LogP contribution in [-0.4, -0.2) is 37.2 Å². The second-order valence-corrected chi connectivity index (χ2v) is 10.4. The van der Waals surface area contributed by atoms with Gasteiger partial charge in [0.15, 0.2) is 0 Å². The van der Waals surface area contributed by atoms with Gasteiger partial charge in [-0.1, -0.05) is 62.2 Å². The molecule has 4 rings (SSSR count). The lowest BCUT2D eigenvalue weighted by Crippen LogP contribution is -2.08. The Morgan fingerprint density at radius 2 is 1.49 bits per heavy atom. The molecule has 0 aliphatic carbocycles. The average Bonchev–Trinajstić information content (AvgIpc) is 3.34. The van der Waals surface area contributed by atoms with Gasteiger partial charge in [-0.15, -0.1) is 0 Å². The van der Waals surface area contributed by atoms with Gasteiger partial charge in [-0.25, -0.2) is 14.4 Å². The zero-order valence-corrected chi connectivity index (χ0v) is 24.6. The number of hydrogen-bond donors (Lipinski definition) is 0. The summed E-state index contributed by atoms with van der Waals surface area (Å²) in [5.41, 5.74) is 3.90. The van der Waals surface area contributed by atoms with Crippen molar-refractivity contribution in [3.8, 4) is 22.6 Å². The molecule has 0 amide bonds. The van der Waals surface area contributed by atoms with Crippen LogP contribution in [0.25, 0.3) is 17.2 Å². The number of unbranched alkanes of at least 4 members (excludes halogenated alkanes) is 4. The molecule has 1 fully saturated rings. The minimum atomic E-state index is -0.436. The Hall–Kier alpha value is -4.65. The fourth-order valence-corrected chi connectivity index (χ4v) is 4.70. The fraction of sp³-hybridized carbons (Fsp3) is 0.306. The van der Waals surface area contributed by atoms with Crippen molar-refractivity contribution in [2.24, 2.45) is 0 Å². The highest BCUT2D eigenvalue weighted by molar-refractivity contribution is 5.91. The van der Waals surface area contributed by atoms with E-state index in [1.165, 1.54) is 6.08 Å². The molecule has 0 N–H and O–H groups in total. The van der Waals surface area contributed by atoms with Crippen molar-refractivity contribution in [3.63, 3.8) is 0 Å². The summed E-state index contributed by atoms with van der Waals surface area (Å²) in [5, 5.41) is 0. The number of ether oxygens (including phenoxy) is 4. The van der Waals surface area contributed by atoms with E-state index in [4.69, 9.17) is 18.9 Å². The minimum Gasteiger partial charge on any atom is -0.494 e. The van der Waals surface area contributed by atoms with Gasteiger partial charge in [-0.05, 0) is 85.4 Å². The molecule has 0 bridgehead atoms. The zero-order chi connectivity index (χ0) is 30.4. The Morgan fingerprint density at radius 1 is 0.860 bits per heavy atom. The zero-order valence-electron chi connectivity index (χ0n) is 24.6. The molecule has 1 atom stereocenters. The average molecular weight is 583 g/mol. The minimum absolute atomic E-state index is 0.00818. The molecule has 7 nitrogen and oxygen atoms in total. The molecule has 1 aliphatic rings. The van der Waals surface area contributed by atoms with Crippen LogP contribution in [0.4, 0.5) is 0 Å². The standard InChI is InChI=1S/C36H38O7/c1-3-40-34(37)23-12-27-10-13-28(14-11-27)29-15-21-32(22-16-29)42-36(39)30-17-19-31(20-18-30)41-24-8-6-4-5-7-9-33-25-26(2)35(38)43-33/h10-23,33H,2-9,24-25H2,1H3. The molecule has 0 saturated carbocycles. The molecule has 1 unspecified atom stereocenters. The highest BCUT2D eigenvalue weighted by Gasteiger charge is 2.26. The summed E-state index contributed by atoms with van der Waals surface area (Å²) in [6.07, 6.45) is 9.96. The van der Waals surface area contributed by atoms with E-state index in [9.17, 15) is 14.4 Å². The molecule has 1 saturated heterocycles. The molecule has 1 heterocycles. The summed E-state index contributed by atoms with van der Waals surface area (Å²) in [4.78, 5) is 35.5. The van der Waals surface area contributed by atoms with E-state index in [1.807, 2.05) is 36.4 Å². The highest BCUT2D eigenvalue weighted by atomic mass is 16.6. The normalized spacial score (nSPS) is 14.5. The van der Waals surface area contributed by atoms with Crippen LogP contribution in [0, 0.1) is 0 Å². The van der Waals surface area contributed by atoms with Crippen LogP contribution in [0.2, 0.25) is 0 Å². The lowest BCUT2D eigenvalue weighted by atomic mass is 10.0. The fourth-order valence-electron chi connectivity index (χ4n) is 4.70. The highest BCUT2D eigenvalue weighted by Crippen LogP contribution is 2.25. The molecular weight excluding hydrogens is 544 g/mol. The van der Waals surface area contributed by atoms with Gasteiger partial charge in [0.25, 0.3) is 0 Å². The maximum atomic E-state index is 12.6. The first-order valence-electron chi connectivity index (χ1n) is 14.8. The second kappa shape index (κ2) is 16.1. The number of cyclic esters (lactones) is 1. The van der Waals surface area contributed by atoms with E-state index >= 15 is 0 Å². The number of rotatable bonds is 15. The van der Waals surface area contributed by atoms with Gasteiger partial charge >= 0.3 is 17.9 Å². The Bertz CT molecular complexity index is 1390. The van der Waals surface area contributed by atoms with E-state index in [1.54, 1.807) is 49.4 Å². The Balaban J connectivity index is 1.14. The maximum Gasteiger partial charge on any atom is 0.343 e. The second-order valence-electron chi connectivity index (χ2n) is 10.4. The van der Waals surface area contributed by atoms with Crippen LogP contribution < -0.4 is 9.47 Å². The SMILES string of the molecule is C=C1CC(CCCCCCCOc2ccc(C(=O)Oc3ccc(-c4ccc(C=CC(=O)OCC)cc4)cc3)cc2)OC1=O. The quantitative estimate of drug-likeness (QED) is 0.0784. The van der Waals surface area contributed by atoms with E-state index in [-0.39, 0.29) is 18.0 Å². The topological polar surface area (TPSA) is 88.1 Å². The molecule has 3 aromatic carbocycles. The third-order valence-corrected chi connectivity index (χ3v) is 7.07. The summed E-state index contributed by atoms with van der Waals surface area (Å²) >= 11 is 0. The van der Waals surface area contributed by atoms with Gasteiger partial charge < -0.3 is 18.9 Å². The van der Waals surface area contributed by atoms with Crippen LogP contribution >= 0.6 is 0 Å². The van der Waals surface area contributed by atoms with Crippen molar-refractivity contribution >= 4 is 24.0 Å². The van der Waals surface area contributed by atoms with E-state index < -0.39 is 5.97 Å². The first-order valence-corrected chi connectivity index (χ1v) is 14.8. The summed E-state index contributed by atoms with van der Waals surface area (Å²) in [6, 6.07) is 22.1. The molecule has 7 heteroatoms. The van der Waals surface area contributed by atoms with Crippen molar-refractivity contribution in [1.82, 2.24) is 0 Å². The van der Waals surface area contributed by atoms with Crippen LogP contribution in [-0.2, 0) is 19.1 Å². The molecule has 0 spiro atoms. The van der Waals surface area contributed by atoms with Crippen molar-refractivity contribution in [3.05, 3.63) is 102 Å². The van der Waals surface area contributed by atoms with Crippen molar-refractivity contribution in [2.45, 2.75) is 58.0 Å². The first kappa shape index (κ1) is 31.3. The van der Waals surface area contributed by atoms with Crippen LogP contribution in [0.5, 0.6) is 11.5 Å². The molecular formula is C36H38O7. The molecule has 43 heavy (non-hydrogen) atoms. The Kier molecular flexibility index (Phi) is 11.7. The van der Waals surface area contributed by atoms with Gasteiger partial charge in [0.2, 0.25) is 0 Å². The Labute approximate surface area is 253 Å². The van der Waals surface area contributed by atoms with Crippen molar-refractivity contribution < 1.29 is 33.3 Å². The number of hydrogen-bond acceptors (Lipinski definition) is 7. The smallest absolute Gasteiger partial charge is 0.343 e. The third-order valence-electron chi connectivity index (χ3n) is 7.07. The number of esters is 3. The largest absolute Gasteiger partial charge is 0.494 e. The summed E-state index contributed by atoms with van der Waals surface area (Å²) < 4.78 is 21.5. The molecule has 3 aromatic rings. The van der Waals surface area contributed by atoms with Crippen molar-refractivity contribution in [1.29, 1.82) is 0 Å². The predicted molar refractivity (Wildman–Crippen MR) is 166 cm³/mol. The number of carbonyl (C=O) groups excluding carboxylic acids is 3. The number of carbonyl (C=O) groups is 3. The molecule has 0 aromatic heterocycles. The number of benzene rings is 3. The van der Waals surface area contributed by atoms with Crippen LogP contribution in [0.15, 0.2) is 91.0 Å². The summed E-state index contributed by atoms with van der Waals surface area (Å²) in [6.45, 7) is 6.45. The van der Waals surface area contributed by atoms with E-state index in [2.05, 4.69) is 6.58 Å². The third kappa shape index (κ3) is 9.99. The molecule has 0 radical (unpaired) electrons. The van der Waals surface area contributed by atoms with E-state index in [0.29, 0.717) is 42.3 Å². The van der Waals surface area contributed by atoms with Crippen LogP contribution in [0.3, 0.4) is 0 Å². The van der Waals surface area contributed by atoms with Gasteiger partial charge in [0.05, 0.1) is 18.8 Å². The maximum absolute atomic E-state index is 12.6. The van der Waals surface area contributed by atoms with Crippen LogP contribution in [0.1, 0.15) is 67.8 Å². The molecule has 1 aliphatic heterocycles. The van der Waals surface area contributed by atoms with E-state index in [0.717, 1.165) is 55.2 Å². The van der Waals surface area contributed by atoms with Gasteiger partial charge in [0, 0.05) is 18.1 Å². The monoisotopic (exact) mass is 582 g/mol. The lowest BCUT2D eigenvalue weighted by molar-refractivity contribution is -0.139. The molecule has 224 valence electrons. The van der Waals surface area contributed by atoms with Gasteiger partial charge in [0.1, 0.15) is 17.6 Å². The van der Waals surface area contributed by atoms with Crippen molar-refractivity contribution in [2.75, 3.05) is 13.2 Å². The summed E-state index contributed by atoms with van der Waals surface area (Å²) in [7, 11) is 0.